The number of hydrogen-bond acceptors (Lipinski definition) is 3. The summed E-state index contributed by atoms with van der Waals surface area (Å²) in [7, 11) is 1.76. The zero-order valence-electron chi connectivity index (χ0n) is 9.77. The van der Waals surface area contributed by atoms with Crippen LogP contribution in [0.25, 0.3) is 0 Å². The molecule has 1 rings (SSSR count). The summed E-state index contributed by atoms with van der Waals surface area (Å²) in [6.45, 7) is 4.92. The van der Waals surface area contributed by atoms with Crippen LogP contribution in [0, 0.1) is 5.92 Å². The highest BCUT2D eigenvalue weighted by Gasteiger charge is 2.15. The fourth-order valence-corrected chi connectivity index (χ4v) is 1.47. The molecule has 0 aromatic carbocycles. The van der Waals surface area contributed by atoms with Gasteiger partial charge < -0.3 is 4.90 Å². The molecule has 0 saturated carbocycles. The lowest BCUT2D eigenvalue weighted by Crippen LogP contribution is -2.31. The quantitative estimate of drug-likeness (QED) is 0.812. The van der Waals surface area contributed by atoms with Gasteiger partial charge in [0.05, 0.1) is 12.4 Å². The largest absolute Gasteiger partial charge is 0.340 e. The maximum absolute atomic E-state index is 11.9. The van der Waals surface area contributed by atoms with E-state index in [-0.39, 0.29) is 11.1 Å². The topological polar surface area (TPSA) is 46.1 Å². The summed E-state index contributed by atoms with van der Waals surface area (Å²) in [4.78, 5) is 21.3. The summed E-state index contributed by atoms with van der Waals surface area (Å²) < 4.78 is 0. The number of hydrogen-bond donors (Lipinski definition) is 0. The fraction of sp³-hybridized carbons (Fsp3) is 0.545. The van der Waals surface area contributed by atoms with Crippen LogP contribution in [0.4, 0.5) is 0 Å². The summed E-state index contributed by atoms with van der Waals surface area (Å²) >= 11 is 5.68. The summed E-state index contributed by atoms with van der Waals surface area (Å²) in [5.41, 5.74) is 0.290. The number of amides is 1. The molecule has 1 aromatic rings. The van der Waals surface area contributed by atoms with Crippen molar-refractivity contribution in [2.24, 2.45) is 5.92 Å². The average Bonchev–Trinajstić information content (AvgIpc) is 2.27. The number of rotatable bonds is 4. The molecule has 1 unspecified atom stereocenters. The molecule has 1 atom stereocenters. The standard InChI is InChI=1S/C11H16ClN3O/c1-4-8(2)7-15(3)11(16)9-5-13-6-10(12)14-9/h5-6,8H,4,7H2,1-3H3. The summed E-state index contributed by atoms with van der Waals surface area (Å²) in [6, 6.07) is 0. The monoisotopic (exact) mass is 241 g/mol. The molecule has 1 heterocycles. The van der Waals surface area contributed by atoms with Crippen LogP contribution in [-0.4, -0.2) is 34.4 Å². The lowest BCUT2D eigenvalue weighted by molar-refractivity contribution is 0.0768. The Kier molecular flexibility index (Phi) is 4.68. The van der Waals surface area contributed by atoms with Gasteiger partial charge >= 0.3 is 0 Å². The Morgan fingerprint density at radius 1 is 1.56 bits per heavy atom. The minimum Gasteiger partial charge on any atom is -0.340 e. The molecule has 0 bridgehead atoms. The Morgan fingerprint density at radius 2 is 2.25 bits per heavy atom. The van der Waals surface area contributed by atoms with Crippen LogP contribution in [0.1, 0.15) is 30.8 Å². The maximum atomic E-state index is 11.9. The highest BCUT2D eigenvalue weighted by Crippen LogP contribution is 2.08. The van der Waals surface area contributed by atoms with Gasteiger partial charge in [-0.05, 0) is 5.92 Å². The Labute approximate surface area is 101 Å². The lowest BCUT2D eigenvalue weighted by atomic mass is 10.1. The van der Waals surface area contributed by atoms with Crippen LogP contribution >= 0.6 is 11.6 Å². The van der Waals surface area contributed by atoms with E-state index >= 15 is 0 Å². The van der Waals surface area contributed by atoms with Crippen molar-refractivity contribution in [2.75, 3.05) is 13.6 Å². The van der Waals surface area contributed by atoms with Crippen molar-refractivity contribution in [1.29, 1.82) is 0 Å². The average molecular weight is 242 g/mol. The molecule has 5 heteroatoms. The molecule has 1 amide bonds. The van der Waals surface area contributed by atoms with E-state index in [2.05, 4.69) is 23.8 Å². The summed E-state index contributed by atoms with van der Waals surface area (Å²) in [6.07, 6.45) is 3.88. The molecule has 0 aliphatic carbocycles. The smallest absolute Gasteiger partial charge is 0.273 e. The summed E-state index contributed by atoms with van der Waals surface area (Å²) in [5, 5.41) is 0.239. The molecule has 88 valence electrons. The number of nitrogens with zero attached hydrogens (tertiary/aromatic N) is 3. The van der Waals surface area contributed by atoms with Crippen LogP contribution in [0.15, 0.2) is 12.4 Å². The lowest BCUT2D eigenvalue weighted by Gasteiger charge is -2.20. The first-order valence-corrected chi connectivity index (χ1v) is 5.65. The number of carbonyl (C=O) groups excluding carboxylic acids is 1. The van der Waals surface area contributed by atoms with Gasteiger partial charge in [-0.3, -0.25) is 9.78 Å². The molecule has 0 fully saturated rings. The van der Waals surface area contributed by atoms with Crippen LogP contribution in [0.3, 0.4) is 0 Å². The molecule has 0 radical (unpaired) electrons. The van der Waals surface area contributed by atoms with E-state index < -0.39 is 0 Å². The van der Waals surface area contributed by atoms with Crippen molar-refractivity contribution in [3.8, 4) is 0 Å². The van der Waals surface area contributed by atoms with Gasteiger partial charge in [0.25, 0.3) is 5.91 Å². The second-order valence-corrected chi connectivity index (χ2v) is 4.31. The van der Waals surface area contributed by atoms with Crippen LogP contribution in [0.5, 0.6) is 0 Å². The second-order valence-electron chi connectivity index (χ2n) is 3.93. The number of carbonyl (C=O) groups is 1. The van der Waals surface area contributed by atoms with Gasteiger partial charge in [0.2, 0.25) is 0 Å². The van der Waals surface area contributed by atoms with E-state index in [0.717, 1.165) is 6.42 Å². The third kappa shape index (κ3) is 3.45. The first-order chi connectivity index (χ1) is 7.54. The van der Waals surface area contributed by atoms with Crippen molar-refractivity contribution in [1.82, 2.24) is 14.9 Å². The molecule has 0 aliphatic rings. The minimum absolute atomic E-state index is 0.143. The fourth-order valence-electron chi connectivity index (χ4n) is 1.32. The number of halogens is 1. The zero-order chi connectivity index (χ0) is 12.1. The Bertz CT molecular complexity index is 370. The maximum Gasteiger partial charge on any atom is 0.273 e. The van der Waals surface area contributed by atoms with Crippen LogP contribution in [0.2, 0.25) is 5.15 Å². The SMILES string of the molecule is CCC(C)CN(C)C(=O)c1cncc(Cl)n1. The Hall–Kier alpha value is -1.16. The molecule has 0 aliphatic heterocycles. The predicted octanol–water partition coefficient (Wildman–Crippen LogP) is 2.25. The summed E-state index contributed by atoms with van der Waals surface area (Å²) in [5.74, 6) is 0.330. The van der Waals surface area contributed by atoms with Crippen molar-refractivity contribution < 1.29 is 4.79 Å². The van der Waals surface area contributed by atoms with E-state index in [0.29, 0.717) is 18.2 Å². The molecule has 16 heavy (non-hydrogen) atoms. The minimum atomic E-state index is -0.143. The molecular weight excluding hydrogens is 226 g/mol. The second kappa shape index (κ2) is 5.80. The van der Waals surface area contributed by atoms with E-state index in [1.807, 2.05) is 0 Å². The predicted molar refractivity (Wildman–Crippen MR) is 63.5 cm³/mol. The highest BCUT2D eigenvalue weighted by atomic mass is 35.5. The van der Waals surface area contributed by atoms with Gasteiger partial charge in [0.15, 0.2) is 0 Å². The zero-order valence-corrected chi connectivity index (χ0v) is 10.5. The van der Waals surface area contributed by atoms with Crippen molar-refractivity contribution in [3.63, 3.8) is 0 Å². The Morgan fingerprint density at radius 3 is 2.81 bits per heavy atom. The normalized spacial score (nSPS) is 12.2. The van der Waals surface area contributed by atoms with E-state index in [9.17, 15) is 4.79 Å². The van der Waals surface area contributed by atoms with Gasteiger partial charge in [-0.2, -0.15) is 0 Å². The molecule has 0 N–H and O–H groups in total. The molecule has 0 saturated heterocycles. The molecule has 0 spiro atoms. The van der Waals surface area contributed by atoms with E-state index in [1.165, 1.54) is 12.4 Å². The highest BCUT2D eigenvalue weighted by molar-refractivity contribution is 6.29. The van der Waals surface area contributed by atoms with Gasteiger partial charge in [0.1, 0.15) is 10.8 Å². The third-order valence-electron chi connectivity index (χ3n) is 2.45. The molecule has 4 nitrogen and oxygen atoms in total. The van der Waals surface area contributed by atoms with Crippen LogP contribution < -0.4 is 0 Å². The van der Waals surface area contributed by atoms with Crippen LogP contribution in [-0.2, 0) is 0 Å². The van der Waals surface area contributed by atoms with E-state index in [1.54, 1.807) is 11.9 Å². The van der Waals surface area contributed by atoms with Gasteiger partial charge in [0, 0.05) is 13.6 Å². The number of aromatic nitrogens is 2. The first-order valence-electron chi connectivity index (χ1n) is 5.27. The van der Waals surface area contributed by atoms with Gasteiger partial charge in [-0.15, -0.1) is 0 Å². The van der Waals surface area contributed by atoms with Crippen molar-refractivity contribution >= 4 is 17.5 Å². The van der Waals surface area contributed by atoms with Crippen molar-refractivity contribution in [3.05, 3.63) is 23.2 Å². The molecular formula is C11H16ClN3O. The molecule has 1 aromatic heterocycles. The van der Waals surface area contributed by atoms with Gasteiger partial charge in [-0.25, -0.2) is 4.98 Å². The third-order valence-corrected chi connectivity index (χ3v) is 2.64. The van der Waals surface area contributed by atoms with Gasteiger partial charge in [-0.1, -0.05) is 31.9 Å². The van der Waals surface area contributed by atoms with E-state index in [4.69, 9.17) is 11.6 Å². The Balaban J connectivity index is 2.70. The first kappa shape index (κ1) is 12.9. The van der Waals surface area contributed by atoms with Crippen molar-refractivity contribution in [2.45, 2.75) is 20.3 Å².